The van der Waals surface area contributed by atoms with Crippen LogP contribution in [-0.4, -0.2) is 30.1 Å². The molecule has 4 nitrogen and oxygen atoms in total. The Hall–Kier alpha value is -0.610. The zero-order valence-corrected chi connectivity index (χ0v) is 10.8. The topological polar surface area (TPSA) is 44.8 Å². The van der Waals surface area contributed by atoms with Crippen LogP contribution < -0.4 is 0 Å². The third kappa shape index (κ3) is 1.55. The highest BCUT2D eigenvalue weighted by atomic mass is 16.7. The molecule has 0 radical (unpaired) electrons. The van der Waals surface area contributed by atoms with Crippen LogP contribution in [0.1, 0.15) is 45.4 Å². The molecule has 4 aliphatic rings. The first kappa shape index (κ1) is 11.2. The lowest BCUT2D eigenvalue weighted by atomic mass is 9.83. The van der Waals surface area contributed by atoms with Gasteiger partial charge in [0.2, 0.25) is 5.79 Å². The van der Waals surface area contributed by atoms with Gasteiger partial charge in [-0.1, -0.05) is 0 Å². The second-order valence-corrected chi connectivity index (χ2v) is 6.36. The van der Waals surface area contributed by atoms with Gasteiger partial charge < -0.3 is 14.2 Å². The minimum absolute atomic E-state index is 0.100. The predicted octanol–water partition coefficient (Wildman–Crippen LogP) is 2.01. The molecule has 4 fully saturated rings. The fraction of sp³-hybridized carbons (Fsp3) is 0.929. The number of esters is 1. The summed E-state index contributed by atoms with van der Waals surface area (Å²) in [6.07, 6.45) is 6.42. The Labute approximate surface area is 107 Å². The molecule has 1 saturated carbocycles. The van der Waals surface area contributed by atoms with Crippen molar-refractivity contribution in [2.45, 2.75) is 69.5 Å². The number of rotatable bonds is 0. The molecule has 1 aliphatic carbocycles. The fourth-order valence-corrected chi connectivity index (χ4v) is 4.47. The lowest BCUT2D eigenvalue weighted by molar-refractivity contribution is -0.261. The average molecular weight is 252 g/mol. The van der Waals surface area contributed by atoms with Crippen molar-refractivity contribution < 1.29 is 19.0 Å². The van der Waals surface area contributed by atoms with Gasteiger partial charge in [0.25, 0.3) is 0 Å². The van der Waals surface area contributed by atoms with Crippen molar-refractivity contribution >= 4 is 5.97 Å². The van der Waals surface area contributed by atoms with Crippen LogP contribution >= 0.6 is 0 Å². The van der Waals surface area contributed by atoms with E-state index in [4.69, 9.17) is 14.2 Å². The summed E-state index contributed by atoms with van der Waals surface area (Å²) in [7, 11) is 0. The Morgan fingerprint density at radius 1 is 1.17 bits per heavy atom. The van der Waals surface area contributed by atoms with Crippen molar-refractivity contribution in [1.29, 1.82) is 0 Å². The molecule has 1 spiro atoms. The fourth-order valence-electron chi connectivity index (χ4n) is 4.47. The minimum atomic E-state index is -0.581. The molecular formula is C14H20O4. The summed E-state index contributed by atoms with van der Waals surface area (Å²) in [5, 5.41) is 0. The quantitative estimate of drug-likeness (QED) is 0.619. The highest BCUT2D eigenvalue weighted by molar-refractivity contribution is 5.71. The normalized spacial score (nSPS) is 54.5. The Balaban J connectivity index is 1.50. The molecule has 0 aromatic heterocycles. The number of hydrogen-bond acceptors (Lipinski definition) is 4. The van der Waals surface area contributed by atoms with E-state index in [1.807, 2.05) is 0 Å². The zero-order valence-electron chi connectivity index (χ0n) is 10.8. The van der Waals surface area contributed by atoms with Gasteiger partial charge in [0.1, 0.15) is 0 Å². The molecule has 0 N–H and O–H groups in total. The van der Waals surface area contributed by atoms with E-state index in [-0.39, 0.29) is 12.1 Å². The summed E-state index contributed by atoms with van der Waals surface area (Å²) < 4.78 is 17.6. The van der Waals surface area contributed by atoms with Gasteiger partial charge in [-0.15, -0.1) is 0 Å². The Morgan fingerprint density at radius 2 is 2.06 bits per heavy atom. The molecule has 18 heavy (non-hydrogen) atoms. The molecule has 6 atom stereocenters. The van der Waals surface area contributed by atoms with E-state index in [2.05, 4.69) is 6.92 Å². The smallest absolute Gasteiger partial charge is 0.308 e. The van der Waals surface area contributed by atoms with Crippen LogP contribution in [0.4, 0.5) is 0 Å². The van der Waals surface area contributed by atoms with Crippen LogP contribution in [-0.2, 0) is 19.0 Å². The minimum Gasteiger partial charge on any atom is -0.433 e. The van der Waals surface area contributed by atoms with E-state index >= 15 is 0 Å². The standard InChI is InChI=1S/C14H20O4/c1-8-6-10-9-2-4-14(5-3-13(15)18-14)17-12(9)7-11(10)16-8/h8-12H,2-7H2,1H3/t8?,9-,10-,11+,12+,14-/m1/s1. The van der Waals surface area contributed by atoms with Gasteiger partial charge in [0.05, 0.1) is 24.7 Å². The molecule has 4 heteroatoms. The van der Waals surface area contributed by atoms with Crippen molar-refractivity contribution in [2.75, 3.05) is 0 Å². The molecular weight excluding hydrogens is 232 g/mol. The van der Waals surface area contributed by atoms with Crippen LogP contribution in [0.15, 0.2) is 0 Å². The van der Waals surface area contributed by atoms with Crippen molar-refractivity contribution in [3.05, 3.63) is 0 Å². The third-order valence-electron chi connectivity index (χ3n) is 5.22. The summed E-state index contributed by atoms with van der Waals surface area (Å²) in [4.78, 5) is 11.3. The lowest BCUT2D eigenvalue weighted by Gasteiger charge is -2.40. The molecule has 3 saturated heterocycles. The average Bonchev–Trinajstić information content (AvgIpc) is 2.92. The molecule has 100 valence electrons. The molecule has 0 aromatic rings. The first-order valence-corrected chi connectivity index (χ1v) is 7.20. The highest BCUT2D eigenvalue weighted by Gasteiger charge is 2.56. The van der Waals surface area contributed by atoms with Gasteiger partial charge in [0, 0.05) is 19.3 Å². The van der Waals surface area contributed by atoms with E-state index < -0.39 is 5.79 Å². The number of fused-ring (bicyclic) bond motifs is 3. The lowest BCUT2D eigenvalue weighted by Crippen LogP contribution is -2.44. The summed E-state index contributed by atoms with van der Waals surface area (Å²) in [5.41, 5.74) is 0. The van der Waals surface area contributed by atoms with Gasteiger partial charge >= 0.3 is 5.97 Å². The Bertz CT molecular complexity index is 382. The van der Waals surface area contributed by atoms with Crippen LogP contribution in [0.2, 0.25) is 0 Å². The molecule has 0 aromatic carbocycles. The summed E-state index contributed by atoms with van der Waals surface area (Å²) in [6, 6.07) is 0. The number of ether oxygens (including phenoxy) is 3. The maximum Gasteiger partial charge on any atom is 0.308 e. The van der Waals surface area contributed by atoms with Gasteiger partial charge in [-0.3, -0.25) is 4.79 Å². The van der Waals surface area contributed by atoms with E-state index in [1.54, 1.807) is 0 Å². The highest BCUT2D eigenvalue weighted by Crippen LogP contribution is 2.52. The van der Waals surface area contributed by atoms with Gasteiger partial charge in [0.15, 0.2) is 0 Å². The Kier molecular flexibility index (Phi) is 2.31. The molecule has 3 aliphatic heterocycles. The van der Waals surface area contributed by atoms with E-state index in [9.17, 15) is 4.79 Å². The van der Waals surface area contributed by atoms with Crippen LogP contribution in [0.3, 0.4) is 0 Å². The zero-order chi connectivity index (χ0) is 12.3. The van der Waals surface area contributed by atoms with Crippen LogP contribution in [0.25, 0.3) is 0 Å². The van der Waals surface area contributed by atoms with E-state index in [1.165, 1.54) is 6.42 Å². The van der Waals surface area contributed by atoms with Crippen molar-refractivity contribution in [1.82, 2.24) is 0 Å². The largest absolute Gasteiger partial charge is 0.433 e. The second-order valence-electron chi connectivity index (χ2n) is 6.36. The number of carbonyl (C=O) groups is 1. The summed E-state index contributed by atoms with van der Waals surface area (Å²) in [5.74, 6) is 0.600. The van der Waals surface area contributed by atoms with Crippen LogP contribution in [0, 0.1) is 11.8 Å². The molecule has 4 rings (SSSR count). The van der Waals surface area contributed by atoms with Crippen molar-refractivity contribution in [3.8, 4) is 0 Å². The van der Waals surface area contributed by atoms with Gasteiger partial charge in [-0.05, 0) is 31.6 Å². The molecule has 1 unspecified atom stereocenters. The maximum absolute atomic E-state index is 11.3. The number of carbonyl (C=O) groups excluding carboxylic acids is 1. The molecule has 0 amide bonds. The van der Waals surface area contributed by atoms with E-state index in [0.29, 0.717) is 30.5 Å². The second kappa shape index (κ2) is 3.70. The third-order valence-corrected chi connectivity index (χ3v) is 5.22. The first-order valence-electron chi connectivity index (χ1n) is 7.20. The first-order chi connectivity index (χ1) is 8.65. The van der Waals surface area contributed by atoms with Crippen molar-refractivity contribution in [3.63, 3.8) is 0 Å². The monoisotopic (exact) mass is 252 g/mol. The molecule has 3 heterocycles. The predicted molar refractivity (Wildman–Crippen MR) is 62.7 cm³/mol. The maximum atomic E-state index is 11.3. The molecule has 0 bridgehead atoms. The number of hydrogen-bond donors (Lipinski definition) is 0. The SMILES string of the molecule is CC1C[C@@H]2[C@H]3CC[C@@]4(CCC(=O)O4)O[C@H]3C[C@@H]2O1. The summed E-state index contributed by atoms with van der Waals surface area (Å²) >= 11 is 0. The van der Waals surface area contributed by atoms with Gasteiger partial charge in [-0.2, -0.15) is 0 Å². The van der Waals surface area contributed by atoms with Crippen molar-refractivity contribution in [2.24, 2.45) is 11.8 Å². The van der Waals surface area contributed by atoms with Gasteiger partial charge in [-0.25, -0.2) is 0 Å². The summed E-state index contributed by atoms with van der Waals surface area (Å²) in [6.45, 7) is 2.16. The van der Waals surface area contributed by atoms with E-state index in [0.717, 1.165) is 25.7 Å². The van der Waals surface area contributed by atoms with Crippen LogP contribution in [0.5, 0.6) is 0 Å². The Morgan fingerprint density at radius 3 is 2.83 bits per heavy atom.